The number of aryl methyl sites for hydroxylation is 1. The highest BCUT2D eigenvalue weighted by Crippen LogP contribution is 2.51. The normalized spacial score (nSPS) is 34.3. The molecule has 3 aliphatic heterocycles. The molecule has 0 amide bonds. The highest BCUT2D eigenvalue weighted by Gasteiger charge is 2.58. The number of carbonyl (C=O) groups is 1. The summed E-state index contributed by atoms with van der Waals surface area (Å²) in [5.41, 5.74) is 2.15. The summed E-state index contributed by atoms with van der Waals surface area (Å²) in [7, 11) is 0. The van der Waals surface area contributed by atoms with E-state index in [0.717, 1.165) is 18.4 Å². The molecule has 88 valence electrons. The maximum atomic E-state index is 12.2. The van der Waals surface area contributed by atoms with Crippen molar-refractivity contribution in [2.75, 3.05) is 6.61 Å². The number of ketones is 1. The molecule has 1 saturated heterocycles. The highest BCUT2D eigenvalue weighted by atomic mass is 16.7. The summed E-state index contributed by atoms with van der Waals surface area (Å²) >= 11 is 0. The Kier molecular flexibility index (Phi) is 1.61. The fraction of sp³-hybridized carbons (Fsp3) is 0.500. The van der Waals surface area contributed by atoms with Crippen LogP contribution in [-0.2, 0) is 15.3 Å². The van der Waals surface area contributed by atoms with Gasteiger partial charge >= 0.3 is 0 Å². The molecule has 0 unspecified atom stereocenters. The van der Waals surface area contributed by atoms with Crippen molar-refractivity contribution in [3.63, 3.8) is 0 Å². The first-order chi connectivity index (χ1) is 8.22. The fourth-order valence-electron chi connectivity index (χ4n) is 2.85. The van der Waals surface area contributed by atoms with Crippen molar-refractivity contribution in [1.82, 2.24) is 5.16 Å². The topological polar surface area (TPSA) is 61.6 Å². The van der Waals surface area contributed by atoms with Gasteiger partial charge in [-0.1, -0.05) is 5.16 Å². The summed E-state index contributed by atoms with van der Waals surface area (Å²) in [5.74, 6) is -0.609. The summed E-state index contributed by atoms with van der Waals surface area (Å²) in [6.07, 6.45) is 3.16. The first-order valence-electron chi connectivity index (χ1n) is 5.76. The number of nitrogens with zero attached hydrogens (tertiary/aromatic N) is 1. The first-order valence-corrected chi connectivity index (χ1v) is 5.76. The Bertz CT molecular complexity index is 559. The van der Waals surface area contributed by atoms with E-state index >= 15 is 0 Å². The van der Waals surface area contributed by atoms with E-state index in [2.05, 4.69) is 5.16 Å². The minimum atomic E-state index is -0.965. The number of rotatable bonds is 0. The number of fused-ring (bicyclic) bond motifs is 2. The number of ether oxygens (including phenoxy) is 2. The van der Waals surface area contributed by atoms with Crippen LogP contribution in [0.1, 0.15) is 34.7 Å². The molecule has 2 bridgehead atoms. The van der Waals surface area contributed by atoms with E-state index in [1.165, 1.54) is 0 Å². The van der Waals surface area contributed by atoms with E-state index in [1.54, 1.807) is 6.92 Å². The second kappa shape index (κ2) is 2.86. The van der Waals surface area contributed by atoms with Crippen molar-refractivity contribution >= 4 is 5.78 Å². The van der Waals surface area contributed by atoms with Crippen LogP contribution in [0.4, 0.5) is 0 Å². The number of aromatic nitrogens is 1. The number of Topliss-reactive ketones (excluding diaryl/α,β-unsaturated/α-hetero) is 1. The molecular weight excluding hydrogens is 222 g/mol. The third-order valence-electron chi connectivity index (χ3n) is 3.63. The van der Waals surface area contributed by atoms with Gasteiger partial charge in [0.1, 0.15) is 6.10 Å². The molecule has 0 saturated carbocycles. The van der Waals surface area contributed by atoms with Gasteiger partial charge < -0.3 is 14.0 Å². The molecule has 2 atom stereocenters. The van der Waals surface area contributed by atoms with Crippen molar-refractivity contribution in [3.05, 3.63) is 28.7 Å². The van der Waals surface area contributed by atoms with Gasteiger partial charge in [0.25, 0.3) is 5.79 Å². The Hall–Kier alpha value is -1.46. The average Bonchev–Trinajstić information content (AvgIpc) is 2.87. The predicted molar refractivity (Wildman–Crippen MR) is 55.4 cm³/mol. The van der Waals surface area contributed by atoms with Crippen LogP contribution < -0.4 is 0 Å². The Morgan fingerprint density at radius 2 is 2.41 bits per heavy atom. The van der Waals surface area contributed by atoms with E-state index in [9.17, 15) is 4.79 Å². The van der Waals surface area contributed by atoms with Gasteiger partial charge in [-0.05, 0) is 31.4 Å². The lowest BCUT2D eigenvalue weighted by atomic mass is 9.94. The van der Waals surface area contributed by atoms with E-state index in [1.807, 2.05) is 6.08 Å². The maximum Gasteiger partial charge on any atom is 0.256 e. The van der Waals surface area contributed by atoms with Crippen molar-refractivity contribution in [2.45, 2.75) is 31.7 Å². The highest BCUT2D eigenvalue weighted by molar-refractivity contribution is 6.04. The minimum absolute atomic E-state index is 0.0742. The summed E-state index contributed by atoms with van der Waals surface area (Å²) in [5, 5.41) is 3.87. The van der Waals surface area contributed by atoms with Gasteiger partial charge in [0.15, 0.2) is 0 Å². The van der Waals surface area contributed by atoms with E-state index < -0.39 is 11.9 Å². The van der Waals surface area contributed by atoms with Crippen LogP contribution in [0.25, 0.3) is 0 Å². The van der Waals surface area contributed by atoms with Crippen LogP contribution in [0.5, 0.6) is 0 Å². The summed E-state index contributed by atoms with van der Waals surface area (Å²) in [4.78, 5) is 12.2. The number of carbonyl (C=O) groups excluding carboxylic acids is 1. The lowest BCUT2D eigenvalue weighted by molar-refractivity contribution is -0.240. The van der Waals surface area contributed by atoms with E-state index in [0.29, 0.717) is 23.6 Å². The molecule has 0 aliphatic carbocycles. The summed E-state index contributed by atoms with van der Waals surface area (Å²) in [6, 6.07) is 0. The SMILES string of the molecule is Cc1noc2c1C(=O)[C@@H]1C=C3CCCO[C@@]32O1. The molecule has 5 nitrogen and oxygen atoms in total. The smallest absolute Gasteiger partial charge is 0.256 e. The zero-order valence-electron chi connectivity index (χ0n) is 9.36. The lowest BCUT2D eigenvalue weighted by Gasteiger charge is -2.36. The lowest BCUT2D eigenvalue weighted by Crippen LogP contribution is -2.42. The predicted octanol–water partition coefficient (Wildman–Crippen LogP) is 1.47. The fourth-order valence-corrected chi connectivity index (χ4v) is 2.85. The van der Waals surface area contributed by atoms with Crippen LogP contribution in [0.3, 0.4) is 0 Å². The Balaban J connectivity index is 2.01. The first kappa shape index (κ1) is 9.56. The largest absolute Gasteiger partial charge is 0.354 e. The van der Waals surface area contributed by atoms with Crippen LogP contribution >= 0.6 is 0 Å². The molecule has 0 radical (unpaired) electrons. The van der Waals surface area contributed by atoms with Crippen molar-refractivity contribution < 1.29 is 18.8 Å². The third-order valence-corrected chi connectivity index (χ3v) is 3.63. The Labute approximate surface area is 97.4 Å². The summed E-state index contributed by atoms with van der Waals surface area (Å²) < 4.78 is 16.8. The molecule has 4 rings (SSSR count). The van der Waals surface area contributed by atoms with Gasteiger partial charge in [-0.25, -0.2) is 0 Å². The van der Waals surface area contributed by atoms with Gasteiger partial charge in [-0.15, -0.1) is 0 Å². The minimum Gasteiger partial charge on any atom is -0.354 e. The monoisotopic (exact) mass is 233 g/mol. The zero-order valence-corrected chi connectivity index (χ0v) is 9.36. The molecule has 0 aromatic carbocycles. The van der Waals surface area contributed by atoms with Crippen LogP contribution in [0.2, 0.25) is 0 Å². The number of hydrogen-bond donors (Lipinski definition) is 0. The van der Waals surface area contributed by atoms with Gasteiger partial charge in [-0.3, -0.25) is 4.79 Å². The third kappa shape index (κ3) is 0.970. The van der Waals surface area contributed by atoms with Gasteiger partial charge in [0.05, 0.1) is 17.9 Å². The molecule has 1 aromatic heterocycles. The van der Waals surface area contributed by atoms with Crippen LogP contribution in [0, 0.1) is 6.92 Å². The molecule has 1 aromatic rings. The zero-order chi connectivity index (χ0) is 11.6. The molecule has 0 N–H and O–H groups in total. The Morgan fingerprint density at radius 1 is 1.53 bits per heavy atom. The van der Waals surface area contributed by atoms with E-state index in [4.69, 9.17) is 14.0 Å². The van der Waals surface area contributed by atoms with Crippen molar-refractivity contribution in [1.29, 1.82) is 0 Å². The second-order valence-corrected chi connectivity index (χ2v) is 4.64. The molecule has 5 heteroatoms. The maximum absolute atomic E-state index is 12.2. The molecule has 4 heterocycles. The standard InChI is InChI=1S/C12H11NO4/c1-6-9-10(14)8-5-7-3-2-4-15-12(7,16-8)11(9)17-13-6/h5,8H,2-4H2,1H3/t8-,12+/m0/s1. The van der Waals surface area contributed by atoms with Crippen LogP contribution in [0.15, 0.2) is 16.2 Å². The van der Waals surface area contributed by atoms with Crippen molar-refractivity contribution in [2.24, 2.45) is 0 Å². The van der Waals surface area contributed by atoms with Crippen LogP contribution in [-0.4, -0.2) is 23.7 Å². The van der Waals surface area contributed by atoms with Gasteiger partial charge in [-0.2, -0.15) is 0 Å². The van der Waals surface area contributed by atoms with Gasteiger partial charge in [0.2, 0.25) is 11.5 Å². The Morgan fingerprint density at radius 3 is 3.29 bits per heavy atom. The quantitative estimate of drug-likeness (QED) is 0.635. The van der Waals surface area contributed by atoms with E-state index in [-0.39, 0.29) is 5.78 Å². The summed E-state index contributed by atoms with van der Waals surface area (Å²) in [6.45, 7) is 2.38. The molecule has 1 fully saturated rings. The molecule has 1 spiro atoms. The molecule has 17 heavy (non-hydrogen) atoms. The average molecular weight is 233 g/mol. The number of hydrogen-bond acceptors (Lipinski definition) is 5. The molecular formula is C12H11NO4. The second-order valence-electron chi connectivity index (χ2n) is 4.64. The molecule has 3 aliphatic rings. The van der Waals surface area contributed by atoms with Crippen molar-refractivity contribution in [3.8, 4) is 0 Å². The van der Waals surface area contributed by atoms with Gasteiger partial charge in [0, 0.05) is 0 Å².